The van der Waals surface area contributed by atoms with Gasteiger partial charge < -0.3 is 14.7 Å². The van der Waals surface area contributed by atoms with Crippen LogP contribution in [0.5, 0.6) is 0 Å². The Kier molecular flexibility index (Phi) is 4.25. The number of rotatable bonds is 4. The number of nitriles is 1. The Morgan fingerprint density at radius 1 is 1.55 bits per heavy atom. The monoisotopic (exact) mass is 278 g/mol. The van der Waals surface area contributed by atoms with Crippen molar-refractivity contribution in [3.05, 3.63) is 11.3 Å². The Hall–Kier alpha value is -2.07. The molecule has 1 aromatic rings. The molecule has 0 bridgehead atoms. The predicted molar refractivity (Wildman–Crippen MR) is 71.5 cm³/mol. The predicted octanol–water partition coefficient (Wildman–Crippen LogP) is 0.670. The van der Waals surface area contributed by atoms with E-state index in [1.165, 1.54) is 0 Å². The van der Waals surface area contributed by atoms with Crippen LogP contribution in [0, 0.1) is 18.3 Å². The van der Waals surface area contributed by atoms with Crippen LogP contribution in [0.4, 0.5) is 5.82 Å². The summed E-state index contributed by atoms with van der Waals surface area (Å²) in [4.78, 5) is 12.6. The molecule has 1 saturated heterocycles. The third kappa shape index (κ3) is 2.91. The molecule has 7 nitrogen and oxygen atoms in total. The number of piperidine rings is 1. The fourth-order valence-electron chi connectivity index (χ4n) is 2.56. The smallest absolute Gasteiger partial charge is 0.329 e. The van der Waals surface area contributed by atoms with Crippen LogP contribution in [-0.2, 0) is 16.6 Å². The molecule has 20 heavy (non-hydrogen) atoms. The van der Waals surface area contributed by atoms with Gasteiger partial charge in [-0.3, -0.25) is 4.68 Å². The SMILES string of the molecule is Cc1nn(C)c(N2CCC(OCC(=O)O)CC2)c1C#N. The molecule has 1 fully saturated rings. The molecule has 1 N–H and O–H groups in total. The zero-order chi connectivity index (χ0) is 14.7. The lowest BCUT2D eigenvalue weighted by atomic mass is 10.1. The van der Waals surface area contributed by atoms with E-state index in [4.69, 9.17) is 9.84 Å². The van der Waals surface area contributed by atoms with E-state index in [-0.39, 0.29) is 12.7 Å². The van der Waals surface area contributed by atoms with E-state index in [0.717, 1.165) is 37.4 Å². The number of carbonyl (C=O) groups is 1. The average Bonchev–Trinajstić information content (AvgIpc) is 2.71. The molecule has 1 aromatic heterocycles. The largest absolute Gasteiger partial charge is 0.480 e. The summed E-state index contributed by atoms with van der Waals surface area (Å²) < 4.78 is 7.04. The summed E-state index contributed by atoms with van der Waals surface area (Å²) in [7, 11) is 1.83. The first-order valence-electron chi connectivity index (χ1n) is 6.55. The number of hydrogen-bond donors (Lipinski definition) is 1. The summed E-state index contributed by atoms with van der Waals surface area (Å²) >= 11 is 0. The summed E-state index contributed by atoms with van der Waals surface area (Å²) in [6, 6.07) is 2.20. The van der Waals surface area contributed by atoms with E-state index in [1.807, 2.05) is 14.0 Å². The third-order valence-corrected chi connectivity index (χ3v) is 3.49. The van der Waals surface area contributed by atoms with Gasteiger partial charge in [0.25, 0.3) is 0 Å². The summed E-state index contributed by atoms with van der Waals surface area (Å²) in [5.41, 5.74) is 1.34. The molecule has 0 amide bonds. The topological polar surface area (TPSA) is 91.4 Å². The van der Waals surface area contributed by atoms with Gasteiger partial charge in [0, 0.05) is 20.1 Å². The fraction of sp³-hybridized carbons (Fsp3) is 0.615. The van der Waals surface area contributed by atoms with Crippen molar-refractivity contribution in [2.45, 2.75) is 25.9 Å². The van der Waals surface area contributed by atoms with Crippen molar-refractivity contribution in [2.24, 2.45) is 7.05 Å². The van der Waals surface area contributed by atoms with E-state index >= 15 is 0 Å². The molecule has 7 heteroatoms. The first-order chi connectivity index (χ1) is 9.52. The number of aromatic nitrogens is 2. The van der Waals surface area contributed by atoms with Gasteiger partial charge in [-0.25, -0.2) is 4.79 Å². The highest BCUT2D eigenvalue weighted by molar-refractivity contribution is 5.68. The number of aryl methyl sites for hydroxylation is 2. The maximum atomic E-state index is 10.5. The molecule has 0 aromatic carbocycles. The van der Waals surface area contributed by atoms with Gasteiger partial charge in [-0.1, -0.05) is 0 Å². The summed E-state index contributed by atoms with van der Waals surface area (Å²) in [5.74, 6) is -0.108. The summed E-state index contributed by atoms with van der Waals surface area (Å²) in [5, 5.41) is 22.1. The second kappa shape index (κ2) is 5.92. The van der Waals surface area contributed by atoms with Crippen LogP contribution in [0.15, 0.2) is 0 Å². The molecule has 1 aliphatic heterocycles. The van der Waals surface area contributed by atoms with Gasteiger partial charge in [0.05, 0.1) is 11.8 Å². The third-order valence-electron chi connectivity index (χ3n) is 3.49. The molecule has 2 heterocycles. The second-order valence-electron chi connectivity index (χ2n) is 4.91. The molecule has 0 aliphatic carbocycles. The quantitative estimate of drug-likeness (QED) is 0.870. The van der Waals surface area contributed by atoms with Crippen LogP contribution >= 0.6 is 0 Å². The fourth-order valence-corrected chi connectivity index (χ4v) is 2.56. The maximum Gasteiger partial charge on any atom is 0.329 e. The van der Waals surface area contributed by atoms with Gasteiger partial charge >= 0.3 is 5.97 Å². The molecule has 0 saturated carbocycles. The van der Waals surface area contributed by atoms with Gasteiger partial charge in [0.1, 0.15) is 24.1 Å². The number of ether oxygens (including phenoxy) is 1. The Morgan fingerprint density at radius 3 is 2.75 bits per heavy atom. The highest BCUT2D eigenvalue weighted by atomic mass is 16.5. The molecule has 108 valence electrons. The number of hydrogen-bond acceptors (Lipinski definition) is 5. The van der Waals surface area contributed by atoms with Crippen molar-refractivity contribution in [1.82, 2.24) is 9.78 Å². The molecular weight excluding hydrogens is 260 g/mol. The van der Waals surface area contributed by atoms with Crippen molar-refractivity contribution in [3.8, 4) is 6.07 Å². The number of anilines is 1. The van der Waals surface area contributed by atoms with Gasteiger partial charge in [0.15, 0.2) is 0 Å². The number of aliphatic carboxylic acids is 1. The lowest BCUT2D eigenvalue weighted by Gasteiger charge is -2.33. The van der Waals surface area contributed by atoms with E-state index < -0.39 is 5.97 Å². The Morgan fingerprint density at radius 2 is 2.20 bits per heavy atom. The van der Waals surface area contributed by atoms with Crippen LogP contribution in [0.1, 0.15) is 24.1 Å². The van der Waals surface area contributed by atoms with Gasteiger partial charge in [-0.2, -0.15) is 10.4 Å². The van der Waals surface area contributed by atoms with Crippen LogP contribution in [0.2, 0.25) is 0 Å². The first kappa shape index (κ1) is 14.3. The Balaban J connectivity index is 2.01. The zero-order valence-electron chi connectivity index (χ0n) is 11.7. The lowest BCUT2D eigenvalue weighted by Crippen LogP contribution is -2.39. The highest BCUT2D eigenvalue weighted by Crippen LogP contribution is 2.26. The first-order valence-corrected chi connectivity index (χ1v) is 6.55. The Bertz CT molecular complexity index is 539. The number of nitrogens with zero attached hydrogens (tertiary/aromatic N) is 4. The molecule has 0 radical (unpaired) electrons. The molecule has 1 aliphatic rings. The van der Waals surface area contributed by atoms with E-state index in [2.05, 4.69) is 16.1 Å². The van der Waals surface area contributed by atoms with Crippen molar-refractivity contribution < 1.29 is 14.6 Å². The summed E-state index contributed by atoms with van der Waals surface area (Å²) in [6.45, 7) is 3.04. The van der Waals surface area contributed by atoms with Crippen molar-refractivity contribution in [3.63, 3.8) is 0 Å². The zero-order valence-corrected chi connectivity index (χ0v) is 11.7. The number of carboxylic acid groups (broad SMARTS) is 1. The van der Waals surface area contributed by atoms with Gasteiger partial charge in [0.2, 0.25) is 0 Å². The van der Waals surface area contributed by atoms with Crippen molar-refractivity contribution in [1.29, 1.82) is 5.26 Å². The normalized spacial score (nSPS) is 16.1. The lowest BCUT2D eigenvalue weighted by molar-refractivity contribution is -0.144. The summed E-state index contributed by atoms with van der Waals surface area (Å²) in [6.07, 6.45) is 1.48. The molecule has 2 rings (SSSR count). The van der Waals surface area contributed by atoms with Crippen LogP contribution in [-0.4, -0.2) is 46.7 Å². The molecule has 0 unspecified atom stereocenters. The van der Waals surface area contributed by atoms with Crippen LogP contribution < -0.4 is 4.90 Å². The minimum absolute atomic E-state index is 0.0257. The van der Waals surface area contributed by atoms with Gasteiger partial charge in [-0.15, -0.1) is 0 Å². The number of carboxylic acids is 1. The maximum absolute atomic E-state index is 10.5. The highest BCUT2D eigenvalue weighted by Gasteiger charge is 2.25. The van der Waals surface area contributed by atoms with Gasteiger partial charge in [-0.05, 0) is 19.8 Å². The average molecular weight is 278 g/mol. The standard InChI is InChI=1S/C13H18N4O3/c1-9-11(7-14)13(16(2)15-9)17-5-3-10(4-6-17)20-8-12(18)19/h10H,3-6,8H2,1-2H3,(H,18,19). The minimum Gasteiger partial charge on any atom is -0.480 e. The van der Waals surface area contributed by atoms with E-state index in [0.29, 0.717) is 5.56 Å². The second-order valence-corrected chi connectivity index (χ2v) is 4.91. The van der Waals surface area contributed by atoms with E-state index in [1.54, 1.807) is 4.68 Å². The van der Waals surface area contributed by atoms with Crippen molar-refractivity contribution >= 4 is 11.8 Å². The van der Waals surface area contributed by atoms with Crippen LogP contribution in [0.25, 0.3) is 0 Å². The van der Waals surface area contributed by atoms with Crippen LogP contribution in [0.3, 0.4) is 0 Å². The van der Waals surface area contributed by atoms with E-state index in [9.17, 15) is 10.1 Å². The molecule has 0 spiro atoms. The molecule has 0 atom stereocenters. The Labute approximate surface area is 117 Å². The molecular formula is C13H18N4O3. The van der Waals surface area contributed by atoms with Crippen molar-refractivity contribution in [2.75, 3.05) is 24.6 Å². The minimum atomic E-state index is -0.943.